The van der Waals surface area contributed by atoms with Gasteiger partial charge in [0, 0.05) is 4.90 Å². The molecule has 0 saturated heterocycles. The second kappa shape index (κ2) is 3.50. The van der Waals surface area contributed by atoms with Crippen molar-refractivity contribution >= 4 is 11.8 Å². The van der Waals surface area contributed by atoms with Crippen LogP contribution in [0.5, 0.6) is 0 Å². The Morgan fingerprint density at radius 3 is 2.83 bits per heavy atom. The van der Waals surface area contributed by atoms with E-state index in [2.05, 4.69) is 6.07 Å². The summed E-state index contributed by atoms with van der Waals surface area (Å²) in [6.07, 6.45) is 1.67. The number of hydrogen-bond donors (Lipinski definition) is 0. The number of benzene rings is 1. The Kier molecular flexibility index (Phi) is 2.19. The number of furan rings is 1. The summed E-state index contributed by atoms with van der Waals surface area (Å²) in [7, 11) is 0. The van der Waals surface area contributed by atoms with Gasteiger partial charge in [0.05, 0.1) is 6.26 Å². The second-order valence-corrected chi connectivity index (χ2v) is 3.31. The summed E-state index contributed by atoms with van der Waals surface area (Å²) in [4.78, 5) is 1.08. The lowest BCUT2D eigenvalue weighted by Gasteiger charge is -1.94. The molecule has 0 fully saturated rings. The molecular formula is C10H7OS. The van der Waals surface area contributed by atoms with Gasteiger partial charge >= 0.3 is 0 Å². The molecule has 2 heteroatoms. The fourth-order valence-electron chi connectivity index (χ4n) is 0.870. The van der Waals surface area contributed by atoms with Gasteiger partial charge in [0.25, 0.3) is 0 Å². The van der Waals surface area contributed by atoms with Gasteiger partial charge < -0.3 is 4.42 Å². The van der Waals surface area contributed by atoms with Crippen LogP contribution in [-0.4, -0.2) is 0 Å². The van der Waals surface area contributed by atoms with Crippen molar-refractivity contribution in [2.24, 2.45) is 0 Å². The molecule has 1 radical (unpaired) electrons. The molecule has 1 aromatic heterocycles. The molecule has 2 aromatic rings. The zero-order valence-corrected chi connectivity index (χ0v) is 7.17. The van der Waals surface area contributed by atoms with Gasteiger partial charge in [-0.1, -0.05) is 30.0 Å². The van der Waals surface area contributed by atoms with Crippen LogP contribution in [0.15, 0.2) is 57.1 Å². The van der Waals surface area contributed by atoms with E-state index in [9.17, 15) is 0 Å². The van der Waals surface area contributed by atoms with Crippen LogP contribution in [0.1, 0.15) is 0 Å². The molecule has 0 N–H and O–H groups in total. The third-order valence-electron chi connectivity index (χ3n) is 1.39. The van der Waals surface area contributed by atoms with Crippen LogP contribution in [-0.2, 0) is 0 Å². The van der Waals surface area contributed by atoms with Crippen molar-refractivity contribution in [3.05, 3.63) is 48.7 Å². The molecule has 2 rings (SSSR count). The first kappa shape index (κ1) is 7.50. The minimum Gasteiger partial charge on any atom is -0.458 e. The number of hydrogen-bond acceptors (Lipinski definition) is 2. The molecule has 0 aliphatic carbocycles. The van der Waals surface area contributed by atoms with Gasteiger partial charge in [-0.3, -0.25) is 0 Å². The predicted molar refractivity (Wildman–Crippen MR) is 48.1 cm³/mol. The smallest absolute Gasteiger partial charge is 0.164 e. The van der Waals surface area contributed by atoms with Gasteiger partial charge in [-0.25, -0.2) is 0 Å². The van der Waals surface area contributed by atoms with Crippen LogP contribution in [0.2, 0.25) is 0 Å². The maximum Gasteiger partial charge on any atom is 0.164 e. The van der Waals surface area contributed by atoms with Crippen LogP contribution in [0, 0.1) is 6.07 Å². The lowest BCUT2D eigenvalue weighted by atomic mass is 10.4. The first-order chi connectivity index (χ1) is 5.95. The SMILES string of the molecule is [c]1ccccc1Sc1ccco1. The molecule has 1 aromatic carbocycles. The molecule has 0 saturated carbocycles. The molecule has 0 amide bonds. The van der Waals surface area contributed by atoms with Gasteiger partial charge in [0.1, 0.15) is 0 Å². The molecule has 59 valence electrons. The fourth-order valence-corrected chi connectivity index (χ4v) is 1.61. The lowest BCUT2D eigenvalue weighted by molar-refractivity contribution is 0.474. The van der Waals surface area contributed by atoms with E-state index in [-0.39, 0.29) is 0 Å². The molecule has 12 heavy (non-hydrogen) atoms. The average Bonchev–Trinajstić information content (AvgIpc) is 2.59. The van der Waals surface area contributed by atoms with Gasteiger partial charge in [0.15, 0.2) is 5.09 Å². The topological polar surface area (TPSA) is 13.1 Å². The molecule has 0 aliphatic rings. The van der Waals surface area contributed by atoms with Crippen molar-refractivity contribution in [1.29, 1.82) is 0 Å². The van der Waals surface area contributed by atoms with Crippen LogP contribution >= 0.6 is 11.8 Å². The summed E-state index contributed by atoms with van der Waals surface area (Å²) in [5, 5.41) is 0.900. The highest BCUT2D eigenvalue weighted by Gasteiger charge is 1.97. The summed E-state index contributed by atoms with van der Waals surface area (Å²) >= 11 is 1.57. The van der Waals surface area contributed by atoms with Crippen LogP contribution in [0.4, 0.5) is 0 Å². The molecule has 0 spiro atoms. The summed E-state index contributed by atoms with van der Waals surface area (Å²) in [6, 6.07) is 14.8. The maximum atomic E-state index is 5.18. The van der Waals surface area contributed by atoms with E-state index >= 15 is 0 Å². The minimum atomic E-state index is 0.900. The van der Waals surface area contributed by atoms with E-state index in [1.165, 1.54) is 0 Å². The molecule has 0 bridgehead atoms. The highest BCUT2D eigenvalue weighted by atomic mass is 32.2. The highest BCUT2D eigenvalue weighted by molar-refractivity contribution is 7.99. The zero-order chi connectivity index (χ0) is 8.23. The van der Waals surface area contributed by atoms with Crippen molar-refractivity contribution < 1.29 is 4.42 Å². The third-order valence-corrected chi connectivity index (χ3v) is 2.29. The Balaban J connectivity index is 2.15. The molecule has 1 heterocycles. The molecule has 0 unspecified atom stereocenters. The minimum absolute atomic E-state index is 0.900. The Hall–Kier alpha value is -1.15. The summed E-state index contributed by atoms with van der Waals surface area (Å²) in [5.41, 5.74) is 0. The molecular weight excluding hydrogens is 168 g/mol. The Bertz CT molecular complexity index is 326. The fraction of sp³-hybridized carbons (Fsp3) is 0. The van der Waals surface area contributed by atoms with Crippen LogP contribution < -0.4 is 0 Å². The standard InChI is InChI=1S/C10H7OS/c1-2-5-9(6-3-1)12-10-7-4-8-11-10/h1-5,7-8H. The lowest BCUT2D eigenvalue weighted by Crippen LogP contribution is -1.67. The second-order valence-electron chi connectivity index (χ2n) is 2.26. The van der Waals surface area contributed by atoms with Crippen LogP contribution in [0.25, 0.3) is 0 Å². The Morgan fingerprint density at radius 2 is 2.17 bits per heavy atom. The number of rotatable bonds is 2. The highest BCUT2D eigenvalue weighted by Crippen LogP contribution is 2.26. The summed E-state index contributed by atoms with van der Waals surface area (Å²) in [5.74, 6) is 0. The maximum absolute atomic E-state index is 5.18. The Labute approximate surface area is 75.4 Å². The molecule has 0 atom stereocenters. The van der Waals surface area contributed by atoms with E-state index in [0.717, 1.165) is 9.99 Å². The van der Waals surface area contributed by atoms with Crippen molar-refractivity contribution in [3.8, 4) is 0 Å². The van der Waals surface area contributed by atoms with Crippen molar-refractivity contribution in [3.63, 3.8) is 0 Å². The van der Waals surface area contributed by atoms with E-state index in [1.807, 2.05) is 36.4 Å². The summed E-state index contributed by atoms with van der Waals surface area (Å²) < 4.78 is 5.18. The first-order valence-corrected chi connectivity index (χ1v) is 4.45. The van der Waals surface area contributed by atoms with Gasteiger partial charge in [-0.05, 0) is 24.3 Å². The zero-order valence-electron chi connectivity index (χ0n) is 6.36. The third kappa shape index (κ3) is 1.71. The monoisotopic (exact) mass is 175 g/mol. The Morgan fingerprint density at radius 1 is 1.17 bits per heavy atom. The van der Waals surface area contributed by atoms with Gasteiger partial charge in [0.2, 0.25) is 0 Å². The first-order valence-electron chi connectivity index (χ1n) is 3.63. The van der Waals surface area contributed by atoms with E-state index in [0.29, 0.717) is 0 Å². The van der Waals surface area contributed by atoms with Crippen molar-refractivity contribution in [2.75, 3.05) is 0 Å². The normalized spacial score (nSPS) is 10.0. The quantitative estimate of drug-likeness (QED) is 0.695. The predicted octanol–water partition coefficient (Wildman–Crippen LogP) is 3.23. The summed E-state index contributed by atoms with van der Waals surface area (Å²) in [6.45, 7) is 0. The van der Waals surface area contributed by atoms with E-state index in [4.69, 9.17) is 4.42 Å². The van der Waals surface area contributed by atoms with Crippen LogP contribution in [0.3, 0.4) is 0 Å². The average molecular weight is 175 g/mol. The van der Waals surface area contributed by atoms with E-state index in [1.54, 1.807) is 18.0 Å². The van der Waals surface area contributed by atoms with Gasteiger partial charge in [-0.2, -0.15) is 0 Å². The molecule has 0 aliphatic heterocycles. The van der Waals surface area contributed by atoms with Crippen molar-refractivity contribution in [1.82, 2.24) is 0 Å². The van der Waals surface area contributed by atoms with Crippen molar-refractivity contribution in [2.45, 2.75) is 9.99 Å². The largest absolute Gasteiger partial charge is 0.458 e. The van der Waals surface area contributed by atoms with E-state index < -0.39 is 0 Å². The van der Waals surface area contributed by atoms with Gasteiger partial charge in [-0.15, -0.1) is 0 Å². The molecule has 1 nitrogen and oxygen atoms in total.